The summed E-state index contributed by atoms with van der Waals surface area (Å²) in [5, 5.41) is 12.2. The Morgan fingerprint density at radius 2 is 2.08 bits per heavy atom. The minimum atomic E-state index is -0.639. The topological polar surface area (TPSA) is 98.6 Å². The second-order valence-electron chi connectivity index (χ2n) is 9.49. The maximum atomic E-state index is 12.5. The fraction of sp³-hybridized carbons (Fsp3) is 0.481. The third-order valence-corrected chi connectivity index (χ3v) is 6.88. The van der Waals surface area contributed by atoms with E-state index < -0.39 is 5.38 Å². The Balaban J connectivity index is 1.62. The molecule has 8 nitrogen and oxygen atoms in total. The quantitative estimate of drug-likeness (QED) is 0.537. The predicted octanol–water partition coefficient (Wildman–Crippen LogP) is 4.14. The van der Waals surface area contributed by atoms with Crippen LogP contribution in [-0.4, -0.2) is 66.5 Å². The zero-order valence-electron chi connectivity index (χ0n) is 21.0. The number of nitrogens with zero attached hydrogens (tertiary/aromatic N) is 4. The van der Waals surface area contributed by atoms with E-state index in [-0.39, 0.29) is 17.9 Å². The van der Waals surface area contributed by atoms with Gasteiger partial charge in [0.2, 0.25) is 11.8 Å². The number of piperazine rings is 1. The number of anilines is 2. The van der Waals surface area contributed by atoms with Gasteiger partial charge in [0.15, 0.2) is 0 Å². The number of hydrogen-bond acceptors (Lipinski definition) is 6. The fourth-order valence-electron chi connectivity index (χ4n) is 4.60. The molecule has 1 aromatic heterocycles. The summed E-state index contributed by atoms with van der Waals surface area (Å²) in [4.78, 5) is 33.7. The molecule has 2 unspecified atom stereocenters. The molecule has 1 saturated carbocycles. The van der Waals surface area contributed by atoms with Crippen molar-refractivity contribution in [2.75, 3.05) is 43.6 Å². The molecule has 1 aliphatic carbocycles. The van der Waals surface area contributed by atoms with Gasteiger partial charge in [0.25, 0.3) is 0 Å². The van der Waals surface area contributed by atoms with E-state index in [0.717, 1.165) is 29.7 Å². The van der Waals surface area contributed by atoms with E-state index in [1.165, 1.54) is 0 Å². The first kappa shape index (κ1) is 25.9. The van der Waals surface area contributed by atoms with Gasteiger partial charge in [0, 0.05) is 50.0 Å². The van der Waals surface area contributed by atoms with E-state index in [9.17, 15) is 14.9 Å². The minimum absolute atomic E-state index is 0.00474. The SMILES string of the molecule is COCCC(=O)N1CCN(c2nc(C3CC3)c(-c3cccc(NC(=O)C(C)Cl)c3)cc2C#N)CC1C. The second kappa shape index (κ2) is 11.3. The standard InChI is InChI=1S/C27H32ClN5O3/c1-17-16-32(10-11-33(17)24(34)9-12-36-3)26-21(15-29)14-23(25(31-26)19-7-8-19)20-5-4-6-22(13-20)30-27(35)18(2)28/h4-6,13-14,17-19H,7-12,16H2,1-3H3,(H,30,35). The molecule has 36 heavy (non-hydrogen) atoms. The lowest BCUT2D eigenvalue weighted by atomic mass is 9.98. The molecule has 2 fully saturated rings. The number of carbonyl (C=O) groups excluding carboxylic acids is 2. The maximum absolute atomic E-state index is 12.5. The zero-order valence-corrected chi connectivity index (χ0v) is 21.7. The summed E-state index contributed by atoms with van der Waals surface area (Å²) in [7, 11) is 1.59. The predicted molar refractivity (Wildman–Crippen MR) is 140 cm³/mol. The van der Waals surface area contributed by atoms with Gasteiger partial charge in [-0.25, -0.2) is 4.98 Å². The van der Waals surface area contributed by atoms with E-state index in [2.05, 4.69) is 16.3 Å². The molecule has 4 rings (SSSR count). The normalized spacial score (nSPS) is 18.5. The first-order valence-corrected chi connectivity index (χ1v) is 12.8. The van der Waals surface area contributed by atoms with Crippen molar-refractivity contribution < 1.29 is 14.3 Å². The lowest BCUT2D eigenvalue weighted by Gasteiger charge is -2.41. The number of methoxy groups -OCH3 is 1. The smallest absolute Gasteiger partial charge is 0.242 e. The lowest BCUT2D eigenvalue weighted by Crippen LogP contribution is -2.54. The Bertz CT molecular complexity index is 1170. The van der Waals surface area contributed by atoms with E-state index in [1.807, 2.05) is 42.2 Å². The molecule has 0 bridgehead atoms. The monoisotopic (exact) mass is 509 g/mol. The van der Waals surface area contributed by atoms with Gasteiger partial charge in [-0.2, -0.15) is 5.26 Å². The van der Waals surface area contributed by atoms with Crippen molar-refractivity contribution in [3.05, 3.63) is 41.6 Å². The number of rotatable bonds is 8. The number of benzene rings is 1. The van der Waals surface area contributed by atoms with Gasteiger partial charge in [-0.1, -0.05) is 12.1 Å². The van der Waals surface area contributed by atoms with Crippen LogP contribution in [0.4, 0.5) is 11.5 Å². The van der Waals surface area contributed by atoms with Gasteiger partial charge >= 0.3 is 0 Å². The highest BCUT2D eigenvalue weighted by molar-refractivity contribution is 6.32. The number of alkyl halides is 1. The van der Waals surface area contributed by atoms with Crippen LogP contribution in [-0.2, 0) is 14.3 Å². The van der Waals surface area contributed by atoms with Crippen LogP contribution >= 0.6 is 11.6 Å². The van der Waals surface area contributed by atoms with Crippen molar-refractivity contribution >= 4 is 34.9 Å². The highest BCUT2D eigenvalue weighted by Gasteiger charge is 2.33. The molecule has 2 aromatic rings. The summed E-state index contributed by atoms with van der Waals surface area (Å²) in [6.07, 6.45) is 2.49. The van der Waals surface area contributed by atoms with Gasteiger partial charge in [0.1, 0.15) is 17.3 Å². The van der Waals surface area contributed by atoms with Crippen LogP contribution < -0.4 is 10.2 Å². The summed E-state index contributed by atoms with van der Waals surface area (Å²) < 4.78 is 5.05. The van der Waals surface area contributed by atoms with E-state index in [4.69, 9.17) is 21.3 Å². The molecule has 2 atom stereocenters. The van der Waals surface area contributed by atoms with Crippen molar-refractivity contribution in [3.8, 4) is 17.2 Å². The summed E-state index contributed by atoms with van der Waals surface area (Å²) in [5.74, 6) is 0.847. The Morgan fingerprint density at radius 3 is 2.72 bits per heavy atom. The molecule has 1 saturated heterocycles. The highest BCUT2D eigenvalue weighted by atomic mass is 35.5. The summed E-state index contributed by atoms with van der Waals surface area (Å²) >= 11 is 5.91. The van der Waals surface area contributed by atoms with Crippen LogP contribution in [0.5, 0.6) is 0 Å². The van der Waals surface area contributed by atoms with Gasteiger partial charge in [-0.05, 0) is 50.5 Å². The Kier molecular flexibility index (Phi) is 8.12. The van der Waals surface area contributed by atoms with E-state index in [1.54, 1.807) is 14.0 Å². The average molecular weight is 510 g/mol. The van der Waals surface area contributed by atoms with Crippen LogP contribution in [0.3, 0.4) is 0 Å². The first-order chi connectivity index (χ1) is 17.3. The Hall–Kier alpha value is -3.15. The molecule has 190 valence electrons. The molecule has 9 heteroatoms. The van der Waals surface area contributed by atoms with Crippen LogP contribution in [0.1, 0.15) is 50.3 Å². The zero-order chi connectivity index (χ0) is 25.8. The molecular formula is C27H32ClN5O3. The van der Waals surface area contributed by atoms with Crippen molar-refractivity contribution in [2.24, 2.45) is 0 Å². The van der Waals surface area contributed by atoms with Crippen LogP contribution in [0.2, 0.25) is 0 Å². The molecule has 0 spiro atoms. The largest absolute Gasteiger partial charge is 0.384 e. The molecule has 2 heterocycles. The molecule has 2 amide bonds. The van der Waals surface area contributed by atoms with Crippen molar-refractivity contribution in [1.29, 1.82) is 5.26 Å². The third-order valence-electron chi connectivity index (χ3n) is 6.69. The summed E-state index contributed by atoms with van der Waals surface area (Å²) in [6.45, 7) is 5.88. The molecular weight excluding hydrogens is 478 g/mol. The molecule has 0 radical (unpaired) electrons. The Morgan fingerprint density at radius 1 is 1.31 bits per heavy atom. The average Bonchev–Trinajstić information content (AvgIpc) is 3.72. The van der Waals surface area contributed by atoms with Crippen molar-refractivity contribution in [2.45, 2.75) is 50.4 Å². The number of nitriles is 1. The van der Waals surface area contributed by atoms with E-state index >= 15 is 0 Å². The number of aromatic nitrogens is 1. The second-order valence-corrected chi connectivity index (χ2v) is 10.1. The highest BCUT2D eigenvalue weighted by Crippen LogP contribution is 2.45. The van der Waals surface area contributed by atoms with Crippen LogP contribution in [0, 0.1) is 11.3 Å². The van der Waals surface area contributed by atoms with Gasteiger partial charge < -0.3 is 19.9 Å². The number of pyridine rings is 1. The molecule has 2 aliphatic rings. The number of ether oxygens (including phenoxy) is 1. The molecule has 1 aromatic carbocycles. The van der Waals surface area contributed by atoms with Crippen LogP contribution in [0.15, 0.2) is 30.3 Å². The summed E-state index contributed by atoms with van der Waals surface area (Å²) in [6, 6.07) is 11.8. The van der Waals surface area contributed by atoms with Crippen LogP contribution in [0.25, 0.3) is 11.1 Å². The molecule has 1 aliphatic heterocycles. The molecule has 1 N–H and O–H groups in total. The number of nitrogens with one attached hydrogen (secondary N) is 1. The summed E-state index contributed by atoms with van der Waals surface area (Å²) in [5.41, 5.74) is 3.94. The van der Waals surface area contributed by atoms with E-state index in [0.29, 0.717) is 55.6 Å². The van der Waals surface area contributed by atoms with Gasteiger partial charge in [0.05, 0.1) is 24.3 Å². The van der Waals surface area contributed by atoms with Gasteiger partial charge in [-0.3, -0.25) is 9.59 Å². The number of amides is 2. The number of halogens is 1. The van der Waals surface area contributed by atoms with Gasteiger partial charge in [-0.15, -0.1) is 11.6 Å². The minimum Gasteiger partial charge on any atom is -0.384 e. The lowest BCUT2D eigenvalue weighted by molar-refractivity contribution is -0.134. The third kappa shape index (κ3) is 5.80. The Labute approximate surface area is 217 Å². The first-order valence-electron chi connectivity index (χ1n) is 12.4. The number of hydrogen-bond donors (Lipinski definition) is 1. The van der Waals surface area contributed by atoms with Crippen molar-refractivity contribution in [1.82, 2.24) is 9.88 Å². The fourth-order valence-corrected chi connectivity index (χ4v) is 4.65. The number of carbonyl (C=O) groups is 2. The van der Waals surface area contributed by atoms with Crippen molar-refractivity contribution in [3.63, 3.8) is 0 Å². The maximum Gasteiger partial charge on any atom is 0.242 e.